The lowest BCUT2D eigenvalue weighted by Crippen LogP contribution is -2.13. The average Bonchev–Trinajstić information content (AvgIpc) is 2.93. The van der Waals surface area contributed by atoms with Crippen LogP contribution in [0.1, 0.15) is 17.0 Å². The van der Waals surface area contributed by atoms with Crippen LogP contribution < -0.4 is 5.32 Å². The third-order valence-corrected chi connectivity index (χ3v) is 3.90. The van der Waals surface area contributed by atoms with Crippen molar-refractivity contribution in [3.05, 3.63) is 75.9 Å². The summed E-state index contributed by atoms with van der Waals surface area (Å²) in [5.41, 5.74) is 2.17. The molecule has 0 aliphatic heterocycles. The van der Waals surface area contributed by atoms with Gasteiger partial charge in [0, 0.05) is 41.7 Å². The van der Waals surface area contributed by atoms with Crippen LogP contribution >= 0.6 is 23.2 Å². The Hall–Kier alpha value is -1.88. The number of hydrogen-bond donors (Lipinski definition) is 1. The number of hydrogen-bond acceptors (Lipinski definition) is 3. The molecule has 0 atom stereocenters. The standard InChI is InChI=1S/C17H16Cl2N4/c1-12-21-4-5-23(12)17-3-2-13(11-22-17)9-20-10-14-6-15(18)8-16(19)7-14/h2-8,11,20H,9-10H2,1H3. The Morgan fingerprint density at radius 3 is 2.35 bits per heavy atom. The van der Waals surface area contributed by atoms with Crippen molar-refractivity contribution in [3.63, 3.8) is 0 Å². The van der Waals surface area contributed by atoms with Crippen molar-refractivity contribution in [2.24, 2.45) is 0 Å². The van der Waals surface area contributed by atoms with Crippen LogP contribution in [0.4, 0.5) is 0 Å². The van der Waals surface area contributed by atoms with E-state index >= 15 is 0 Å². The molecule has 0 aliphatic rings. The molecule has 0 unspecified atom stereocenters. The van der Waals surface area contributed by atoms with Crippen LogP contribution in [0.5, 0.6) is 0 Å². The number of rotatable bonds is 5. The highest BCUT2D eigenvalue weighted by Crippen LogP contribution is 2.19. The predicted molar refractivity (Wildman–Crippen MR) is 93.1 cm³/mol. The van der Waals surface area contributed by atoms with Gasteiger partial charge in [0.2, 0.25) is 0 Å². The Labute approximate surface area is 145 Å². The maximum absolute atomic E-state index is 6.00. The highest BCUT2D eigenvalue weighted by molar-refractivity contribution is 6.34. The van der Waals surface area contributed by atoms with Crippen LogP contribution in [0.25, 0.3) is 5.82 Å². The minimum Gasteiger partial charge on any atom is -0.309 e. The van der Waals surface area contributed by atoms with E-state index in [1.54, 1.807) is 12.3 Å². The number of halogens is 2. The van der Waals surface area contributed by atoms with Crippen molar-refractivity contribution < 1.29 is 0 Å². The highest BCUT2D eigenvalue weighted by Gasteiger charge is 2.02. The molecule has 0 saturated carbocycles. The maximum atomic E-state index is 6.00. The van der Waals surface area contributed by atoms with Crippen molar-refractivity contribution in [2.75, 3.05) is 0 Å². The second-order valence-electron chi connectivity index (χ2n) is 5.25. The van der Waals surface area contributed by atoms with Gasteiger partial charge in [-0.1, -0.05) is 29.3 Å². The van der Waals surface area contributed by atoms with Crippen LogP contribution in [0.15, 0.2) is 48.9 Å². The molecule has 6 heteroatoms. The number of imidazole rings is 1. The number of benzene rings is 1. The van der Waals surface area contributed by atoms with Crippen molar-refractivity contribution in [3.8, 4) is 5.82 Å². The summed E-state index contributed by atoms with van der Waals surface area (Å²) in [7, 11) is 0. The molecule has 1 aromatic carbocycles. The van der Waals surface area contributed by atoms with Crippen LogP contribution in [0.2, 0.25) is 10.0 Å². The van der Waals surface area contributed by atoms with E-state index in [-0.39, 0.29) is 0 Å². The Morgan fingerprint density at radius 2 is 1.74 bits per heavy atom. The van der Waals surface area contributed by atoms with Gasteiger partial charge in [-0.3, -0.25) is 4.57 Å². The molecule has 0 saturated heterocycles. The molecule has 0 radical (unpaired) electrons. The molecule has 0 spiro atoms. The monoisotopic (exact) mass is 346 g/mol. The first-order valence-electron chi connectivity index (χ1n) is 7.23. The van der Waals surface area contributed by atoms with Gasteiger partial charge in [-0.05, 0) is 42.3 Å². The molecule has 2 heterocycles. The fourth-order valence-corrected chi connectivity index (χ4v) is 2.92. The topological polar surface area (TPSA) is 42.7 Å². The van der Waals surface area contributed by atoms with Gasteiger partial charge < -0.3 is 5.32 Å². The molecule has 4 nitrogen and oxygen atoms in total. The lowest BCUT2D eigenvalue weighted by atomic mass is 10.2. The average molecular weight is 347 g/mol. The summed E-state index contributed by atoms with van der Waals surface area (Å²) >= 11 is 12.0. The molecule has 23 heavy (non-hydrogen) atoms. The fourth-order valence-electron chi connectivity index (χ4n) is 2.35. The Balaban J connectivity index is 1.60. The van der Waals surface area contributed by atoms with Crippen molar-refractivity contribution in [1.82, 2.24) is 19.9 Å². The zero-order valence-electron chi connectivity index (χ0n) is 12.6. The van der Waals surface area contributed by atoms with Crippen molar-refractivity contribution in [2.45, 2.75) is 20.0 Å². The third kappa shape index (κ3) is 4.10. The molecule has 2 aromatic heterocycles. The molecule has 0 amide bonds. The number of aromatic nitrogens is 3. The number of aryl methyl sites for hydroxylation is 1. The molecule has 0 aliphatic carbocycles. The fraction of sp³-hybridized carbons (Fsp3) is 0.176. The van der Waals surface area contributed by atoms with E-state index < -0.39 is 0 Å². The third-order valence-electron chi connectivity index (χ3n) is 3.46. The van der Waals surface area contributed by atoms with Crippen LogP contribution in [0, 0.1) is 6.92 Å². The summed E-state index contributed by atoms with van der Waals surface area (Å²) in [6, 6.07) is 9.59. The van der Waals surface area contributed by atoms with Crippen LogP contribution in [-0.2, 0) is 13.1 Å². The van der Waals surface area contributed by atoms with Gasteiger partial charge in [0.15, 0.2) is 0 Å². The number of pyridine rings is 1. The molecule has 3 aromatic rings. The normalized spacial score (nSPS) is 10.9. The number of nitrogens with one attached hydrogen (secondary N) is 1. The SMILES string of the molecule is Cc1nccn1-c1ccc(CNCc2cc(Cl)cc(Cl)c2)cn1. The summed E-state index contributed by atoms with van der Waals surface area (Å²) in [6.07, 6.45) is 5.54. The van der Waals surface area contributed by atoms with E-state index in [2.05, 4.69) is 21.4 Å². The van der Waals surface area contributed by atoms with Crippen molar-refractivity contribution >= 4 is 23.2 Å². The zero-order valence-corrected chi connectivity index (χ0v) is 14.1. The van der Waals surface area contributed by atoms with Crippen molar-refractivity contribution in [1.29, 1.82) is 0 Å². The van der Waals surface area contributed by atoms with Gasteiger partial charge in [-0.25, -0.2) is 9.97 Å². The summed E-state index contributed by atoms with van der Waals surface area (Å²) in [6.45, 7) is 3.37. The van der Waals surface area contributed by atoms with Gasteiger partial charge in [-0.2, -0.15) is 0 Å². The molecule has 0 bridgehead atoms. The van der Waals surface area contributed by atoms with Gasteiger partial charge >= 0.3 is 0 Å². The van der Waals surface area contributed by atoms with Gasteiger partial charge in [-0.15, -0.1) is 0 Å². The van der Waals surface area contributed by atoms with E-state index in [1.165, 1.54) is 0 Å². The lowest BCUT2D eigenvalue weighted by Gasteiger charge is -2.08. The lowest BCUT2D eigenvalue weighted by molar-refractivity contribution is 0.691. The molecule has 1 N–H and O–H groups in total. The molecule has 118 valence electrons. The van der Waals surface area contributed by atoms with Gasteiger partial charge in [0.25, 0.3) is 0 Å². The first kappa shape index (κ1) is 16.0. The Kier molecular flexibility index (Phi) is 4.96. The highest BCUT2D eigenvalue weighted by atomic mass is 35.5. The van der Waals surface area contributed by atoms with Gasteiger partial charge in [0.05, 0.1) is 0 Å². The maximum Gasteiger partial charge on any atom is 0.137 e. The van der Waals surface area contributed by atoms with E-state index in [0.29, 0.717) is 16.6 Å². The summed E-state index contributed by atoms with van der Waals surface area (Å²) in [5, 5.41) is 4.66. The first-order valence-corrected chi connectivity index (χ1v) is 7.98. The Bertz CT molecular complexity index is 776. The van der Waals surface area contributed by atoms with E-state index in [9.17, 15) is 0 Å². The van der Waals surface area contributed by atoms with Crippen LogP contribution in [0.3, 0.4) is 0 Å². The largest absolute Gasteiger partial charge is 0.309 e. The molecular formula is C17H16Cl2N4. The quantitative estimate of drug-likeness (QED) is 0.753. The first-order chi connectivity index (χ1) is 11.1. The summed E-state index contributed by atoms with van der Waals surface area (Å²) in [4.78, 5) is 8.68. The predicted octanol–water partition coefficient (Wildman–Crippen LogP) is 4.17. The second-order valence-corrected chi connectivity index (χ2v) is 6.12. The summed E-state index contributed by atoms with van der Waals surface area (Å²) in [5.74, 6) is 1.78. The minimum absolute atomic E-state index is 0.649. The molecular weight excluding hydrogens is 331 g/mol. The second kappa shape index (κ2) is 7.13. The zero-order chi connectivity index (χ0) is 16.2. The minimum atomic E-state index is 0.649. The molecule has 3 rings (SSSR count). The van der Waals surface area contributed by atoms with Crippen LogP contribution in [-0.4, -0.2) is 14.5 Å². The van der Waals surface area contributed by atoms with E-state index in [4.69, 9.17) is 23.2 Å². The Morgan fingerprint density at radius 1 is 1.00 bits per heavy atom. The summed E-state index contributed by atoms with van der Waals surface area (Å²) < 4.78 is 1.95. The smallest absolute Gasteiger partial charge is 0.137 e. The van der Waals surface area contributed by atoms with E-state index in [1.807, 2.05) is 42.1 Å². The van der Waals surface area contributed by atoms with Gasteiger partial charge in [0.1, 0.15) is 11.6 Å². The molecule has 0 fully saturated rings. The van der Waals surface area contributed by atoms with E-state index in [0.717, 1.165) is 29.3 Å². The number of nitrogens with zero attached hydrogens (tertiary/aromatic N) is 3.